The van der Waals surface area contributed by atoms with Crippen LogP contribution in [0.5, 0.6) is 0 Å². The van der Waals surface area contributed by atoms with Crippen molar-refractivity contribution in [2.75, 3.05) is 11.9 Å². The van der Waals surface area contributed by atoms with Crippen LogP contribution in [0, 0.1) is 5.41 Å². The molecule has 3 heteroatoms. The van der Waals surface area contributed by atoms with Crippen molar-refractivity contribution in [1.82, 2.24) is 4.98 Å². The van der Waals surface area contributed by atoms with Gasteiger partial charge in [0.25, 0.3) is 0 Å². The number of nitrogens with one attached hydrogen (secondary N) is 1. The number of aromatic nitrogens is 1. The third-order valence-electron chi connectivity index (χ3n) is 2.47. The van der Waals surface area contributed by atoms with E-state index in [9.17, 15) is 0 Å². The van der Waals surface area contributed by atoms with Gasteiger partial charge in [0.2, 0.25) is 0 Å². The molecular formula is C12H24N2S. The maximum absolute atomic E-state index is 4.17. The molecule has 0 spiro atoms. The Morgan fingerprint density at radius 3 is 2.53 bits per heavy atom. The summed E-state index contributed by atoms with van der Waals surface area (Å²) in [7, 11) is 0. The van der Waals surface area contributed by atoms with Gasteiger partial charge in [-0.2, -0.15) is 0 Å². The Kier molecular flexibility index (Phi) is 7.39. The Morgan fingerprint density at radius 2 is 2.07 bits per heavy atom. The van der Waals surface area contributed by atoms with E-state index in [0.29, 0.717) is 5.41 Å². The zero-order chi connectivity index (χ0) is 11.7. The summed E-state index contributed by atoms with van der Waals surface area (Å²) >= 11 is 1.66. The molecule has 0 fully saturated rings. The Balaban J connectivity index is 0.000000921. The fraction of sp³-hybridized carbons (Fsp3) is 0.750. The van der Waals surface area contributed by atoms with Gasteiger partial charge in [-0.05, 0) is 11.8 Å². The molecule has 0 saturated carbocycles. The van der Waals surface area contributed by atoms with Gasteiger partial charge in [0.05, 0.1) is 0 Å². The van der Waals surface area contributed by atoms with Crippen LogP contribution in [0.3, 0.4) is 0 Å². The van der Waals surface area contributed by atoms with Crippen molar-refractivity contribution < 1.29 is 0 Å². The molecule has 0 aliphatic rings. The number of nitrogens with zero attached hydrogens (tertiary/aromatic N) is 1. The van der Waals surface area contributed by atoms with Crippen LogP contribution in [0.25, 0.3) is 0 Å². The Morgan fingerprint density at radius 1 is 1.40 bits per heavy atom. The summed E-state index contributed by atoms with van der Waals surface area (Å²) in [6.07, 6.45) is 4.26. The van der Waals surface area contributed by atoms with Crippen molar-refractivity contribution >= 4 is 16.5 Å². The molecule has 88 valence electrons. The van der Waals surface area contributed by atoms with Crippen LogP contribution in [0.4, 0.5) is 5.13 Å². The molecule has 0 bridgehead atoms. The second kappa shape index (κ2) is 7.69. The average molecular weight is 228 g/mol. The quantitative estimate of drug-likeness (QED) is 0.807. The van der Waals surface area contributed by atoms with E-state index in [1.807, 2.05) is 25.4 Å². The largest absolute Gasteiger partial charge is 0.362 e. The van der Waals surface area contributed by atoms with Gasteiger partial charge in [-0.15, -0.1) is 11.3 Å². The first-order valence-corrected chi connectivity index (χ1v) is 6.65. The van der Waals surface area contributed by atoms with Crippen molar-refractivity contribution in [3.8, 4) is 0 Å². The van der Waals surface area contributed by atoms with Gasteiger partial charge in [0.1, 0.15) is 0 Å². The molecule has 0 radical (unpaired) electrons. The van der Waals surface area contributed by atoms with Gasteiger partial charge < -0.3 is 5.32 Å². The van der Waals surface area contributed by atoms with Crippen LogP contribution in [0.15, 0.2) is 11.6 Å². The van der Waals surface area contributed by atoms with E-state index in [1.165, 1.54) is 12.8 Å². The smallest absolute Gasteiger partial charge is 0.182 e. The van der Waals surface area contributed by atoms with E-state index in [-0.39, 0.29) is 0 Å². The molecule has 0 aliphatic heterocycles. The van der Waals surface area contributed by atoms with E-state index in [0.717, 1.165) is 11.7 Å². The second-order valence-corrected chi connectivity index (χ2v) is 4.93. The normalized spacial score (nSPS) is 10.5. The summed E-state index contributed by atoms with van der Waals surface area (Å²) in [6.45, 7) is 11.9. The van der Waals surface area contributed by atoms with Crippen molar-refractivity contribution in [2.24, 2.45) is 5.41 Å². The highest BCUT2D eigenvalue weighted by Crippen LogP contribution is 2.24. The number of hydrogen-bond donors (Lipinski definition) is 1. The highest BCUT2D eigenvalue weighted by molar-refractivity contribution is 7.13. The van der Waals surface area contributed by atoms with Crippen LogP contribution >= 0.6 is 11.3 Å². The standard InChI is InChI=1S/C10H18N2S.C2H6/c1-4-10(2,3)5-6-11-9-12-7-8-13-9;1-2/h7-8H,4-6H2,1-3H3,(H,11,12);1-2H3. The molecule has 2 nitrogen and oxygen atoms in total. The fourth-order valence-electron chi connectivity index (χ4n) is 0.995. The van der Waals surface area contributed by atoms with Gasteiger partial charge >= 0.3 is 0 Å². The zero-order valence-electron chi connectivity index (χ0n) is 10.6. The van der Waals surface area contributed by atoms with E-state index in [2.05, 4.69) is 31.1 Å². The number of anilines is 1. The molecule has 0 unspecified atom stereocenters. The van der Waals surface area contributed by atoms with Crippen LogP contribution < -0.4 is 5.32 Å². The fourth-order valence-corrected chi connectivity index (χ4v) is 1.55. The van der Waals surface area contributed by atoms with Crippen LogP contribution in [0.1, 0.15) is 47.5 Å². The minimum Gasteiger partial charge on any atom is -0.362 e. The molecule has 0 saturated heterocycles. The van der Waals surface area contributed by atoms with Crippen LogP contribution in [0.2, 0.25) is 0 Å². The molecule has 0 aliphatic carbocycles. The average Bonchev–Trinajstić information content (AvgIpc) is 2.74. The summed E-state index contributed by atoms with van der Waals surface area (Å²) in [4.78, 5) is 4.17. The molecule has 0 aromatic carbocycles. The van der Waals surface area contributed by atoms with Crippen LogP contribution in [-0.4, -0.2) is 11.5 Å². The highest BCUT2D eigenvalue weighted by Gasteiger charge is 2.13. The lowest BCUT2D eigenvalue weighted by Gasteiger charge is -2.22. The number of hydrogen-bond acceptors (Lipinski definition) is 3. The summed E-state index contributed by atoms with van der Waals surface area (Å²) in [5.41, 5.74) is 0.449. The second-order valence-electron chi connectivity index (χ2n) is 4.03. The summed E-state index contributed by atoms with van der Waals surface area (Å²) < 4.78 is 0. The summed E-state index contributed by atoms with van der Waals surface area (Å²) in [5.74, 6) is 0. The Hall–Kier alpha value is -0.570. The zero-order valence-corrected chi connectivity index (χ0v) is 11.4. The first-order chi connectivity index (χ1) is 7.14. The molecule has 1 N–H and O–H groups in total. The topological polar surface area (TPSA) is 24.9 Å². The van der Waals surface area contributed by atoms with Gasteiger partial charge in [-0.25, -0.2) is 4.98 Å². The summed E-state index contributed by atoms with van der Waals surface area (Å²) in [6, 6.07) is 0. The van der Waals surface area contributed by atoms with Crippen molar-refractivity contribution in [1.29, 1.82) is 0 Å². The lowest BCUT2D eigenvalue weighted by molar-refractivity contribution is 0.332. The lowest BCUT2D eigenvalue weighted by Crippen LogP contribution is -2.15. The van der Waals surface area contributed by atoms with Crippen molar-refractivity contribution in [3.63, 3.8) is 0 Å². The van der Waals surface area contributed by atoms with Gasteiger partial charge in [0, 0.05) is 18.1 Å². The maximum Gasteiger partial charge on any atom is 0.182 e. The monoisotopic (exact) mass is 228 g/mol. The molecular weight excluding hydrogens is 204 g/mol. The third-order valence-corrected chi connectivity index (χ3v) is 3.20. The molecule has 1 aromatic heterocycles. The van der Waals surface area contributed by atoms with Crippen LogP contribution in [-0.2, 0) is 0 Å². The number of rotatable bonds is 5. The molecule has 1 rings (SSSR count). The first kappa shape index (κ1) is 14.4. The van der Waals surface area contributed by atoms with E-state index in [1.54, 1.807) is 11.3 Å². The van der Waals surface area contributed by atoms with E-state index >= 15 is 0 Å². The van der Waals surface area contributed by atoms with E-state index in [4.69, 9.17) is 0 Å². The van der Waals surface area contributed by atoms with E-state index < -0.39 is 0 Å². The molecule has 1 heterocycles. The van der Waals surface area contributed by atoms with Gasteiger partial charge in [-0.1, -0.05) is 41.0 Å². The highest BCUT2D eigenvalue weighted by atomic mass is 32.1. The lowest BCUT2D eigenvalue weighted by atomic mass is 9.87. The summed E-state index contributed by atoms with van der Waals surface area (Å²) in [5, 5.41) is 6.35. The van der Waals surface area contributed by atoms with Gasteiger partial charge in [0.15, 0.2) is 5.13 Å². The Labute approximate surface area is 98.1 Å². The predicted octanol–water partition coefficient (Wildman–Crippen LogP) is 4.41. The maximum atomic E-state index is 4.17. The minimum absolute atomic E-state index is 0.449. The number of thiazole rings is 1. The predicted molar refractivity (Wildman–Crippen MR) is 70.6 cm³/mol. The molecule has 15 heavy (non-hydrogen) atoms. The van der Waals surface area contributed by atoms with Gasteiger partial charge in [-0.3, -0.25) is 0 Å². The molecule has 1 aromatic rings. The minimum atomic E-state index is 0.449. The SMILES string of the molecule is CC.CCC(C)(C)CCNc1nccs1. The van der Waals surface area contributed by atoms with Crippen molar-refractivity contribution in [2.45, 2.75) is 47.5 Å². The Bertz CT molecular complexity index is 230. The third kappa shape index (κ3) is 6.50. The van der Waals surface area contributed by atoms with Crippen molar-refractivity contribution in [3.05, 3.63) is 11.6 Å². The molecule has 0 atom stereocenters. The first-order valence-electron chi connectivity index (χ1n) is 5.77. The molecule has 0 amide bonds.